The Bertz CT molecular complexity index is 752. The Hall–Kier alpha value is -2.62. The molecule has 0 radical (unpaired) electrons. The monoisotopic (exact) mass is 264 g/mol. The Morgan fingerprint density at radius 1 is 1.05 bits per heavy atom. The second kappa shape index (κ2) is 3.93. The molecule has 2 aliphatic rings. The molecule has 0 bridgehead atoms. The lowest BCUT2D eigenvalue weighted by molar-refractivity contribution is -0.112. The van der Waals surface area contributed by atoms with Crippen LogP contribution in [-0.2, 0) is 11.2 Å². The quantitative estimate of drug-likeness (QED) is 0.805. The Labute approximate surface area is 116 Å². The van der Waals surface area contributed by atoms with Crippen LogP contribution in [0.15, 0.2) is 42.5 Å². The van der Waals surface area contributed by atoms with Gasteiger partial charge < -0.3 is 10.2 Å². The van der Waals surface area contributed by atoms with Crippen LogP contribution >= 0.6 is 0 Å². The molecule has 0 aromatic heterocycles. The number of anilines is 3. The van der Waals surface area contributed by atoms with Crippen LogP contribution in [0.1, 0.15) is 15.9 Å². The van der Waals surface area contributed by atoms with Crippen LogP contribution in [0, 0.1) is 0 Å². The number of nitrogens with zero attached hydrogens (tertiary/aromatic N) is 1. The van der Waals surface area contributed by atoms with Crippen LogP contribution in [0.4, 0.5) is 17.1 Å². The van der Waals surface area contributed by atoms with Crippen molar-refractivity contribution in [1.82, 2.24) is 0 Å². The van der Waals surface area contributed by atoms with E-state index in [1.165, 1.54) is 11.3 Å². The van der Waals surface area contributed by atoms with Crippen molar-refractivity contribution >= 4 is 28.8 Å². The summed E-state index contributed by atoms with van der Waals surface area (Å²) in [6.07, 6.45) is 1.01. The third kappa shape index (κ3) is 1.48. The third-order valence-corrected chi connectivity index (χ3v) is 3.90. The Morgan fingerprint density at radius 3 is 2.80 bits per heavy atom. The number of ketones is 1. The average Bonchev–Trinajstić information content (AvgIpc) is 3.01. The van der Waals surface area contributed by atoms with Gasteiger partial charge in [0.2, 0.25) is 0 Å². The second-order valence-corrected chi connectivity index (χ2v) is 5.04. The minimum Gasteiger partial charge on any atom is -0.341 e. The molecular formula is C16H12N2O2. The van der Waals surface area contributed by atoms with Crippen LogP contribution in [0.3, 0.4) is 0 Å². The lowest BCUT2D eigenvalue weighted by atomic mass is 10.1. The summed E-state index contributed by atoms with van der Waals surface area (Å²) in [4.78, 5) is 25.2. The molecule has 98 valence electrons. The third-order valence-electron chi connectivity index (χ3n) is 3.90. The van der Waals surface area contributed by atoms with Crippen LogP contribution in [0.5, 0.6) is 0 Å². The molecule has 0 aliphatic carbocycles. The molecule has 2 aromatic carbocycles. The maximum Gasteiger partial charge on any atom is 0.296 e. The van der Waals surface area contributed by atoms with Gasteiger partial charge in [0.15, 0.2) is 0 Å². The summed E-state index contributed by atoms with van der Waals surface area (Å²) in [5, 5.41) is 2.62. The van der Waals surface area contributed by atoms with Gasteiger partial charge in [-0.1, -0.05) is 18.2 Å². The van der Waals surface area contributed by atoms with Gasteiger partial charge in [-0.15, -0.1) is 0 Å². The van der Waals surface area contributed by atoms with Crippen molar-refractivity contribution in [3.63, 3.8) is 0 Å². The number of amides is 1. The topological polar surface area (TPSA) is 49.4 Å². The van der Waals surface area contributed by atoms with E-state index in [2.05, 4.69) is 22.3 Å². The Kier molecular flexibility index (Phi) is 2.21. The second-order valence-electron chi connectivity index (χ2n) is 5.04. The molecule has 0 atom stereocenters. The van der Waals surface area contributed by atoms with Gasteiger partial charge in [0, 0.05) is 17.9 Å². The molecule has 1 amide bonds. The molecule has 4 rings (SSSR count). The molecule has 1 N–H and O–H groups in total. The molecule has 20 heavy (non-hydrogen) atoms. The SMILES string of the molecule is O=C1Nc2cc(N3CCc4ccccc43)ccc2C1=O. The van der Waals surface area contributed by atoms with Crippen molar-refractivity contribution in [2.75, 3.05) is 16.8 Å². The number of carbonyl (C=O) groups is 2. The van der Waals surface area contributed by atoms with Crippen LogP contribution in [-0.4, -0.2) is 18.2 Å². The first-order chi connectivity index (χ1) is 9.74. The normalized spacial score (nSPS) is 16.1. The van der Waals surface area contributed by atoms with E-state index in [0.29, 0.717) is 11.3 Å². The number of para-hydroxylation sites is 1. The highest BCUT2D eigenvalue weighted by atomic mass is 16.2. The molecule has 0 fully saturated rings. The molecule has 2 aliphatic heterocycles. The van der Waals surface area contributed by atoms with Crippen molar-refractivity contribution in [3.8, 4) is 0 Å². The van der Waals surface area contributed by atoms with E-state index < -0.39 is 11.7 Å². The van der Waals surface area contributed by atoms with Gasteiger partial charge in [0.1, 0.15) is 0 Å². The zero-order chi connectivity index (χ0) is 13.7. The number of fused-ring (bicyclic) bond motifs is 2. The van der Waals surface area contributed by atoms with Crippen LogP contribution in [0.2, 0.25) is 0 Å². The van der Waals surface area contributed by atoms with Crippen LogP contribution < -0.4 is 10.2 Å². The fourth-order valence-electron chi connectivity index (χ4n) is 2.91. The van der Waals surface area contributed by atoms with E-state index in [0.717, 1.165) is 18.7 Å². The molecule has 0 saturated carbocycles. The van der Waals surface area contributed by atoms with Crippen molar-refractivity contribution in [2.45, 2.75) is 6.42 Å². The highest BCUT2D eigenvalue weighted by Gasteiger charge is 2.29. The molecule has 2 aromatic rings. The van der Waals surface area contributed by atoms with Gasteiger partial charge in [-0.25, -0.2) is 0 Å². The molecule has 0 unspecified atom stereocenters. The van der Waals surface area contributed by atoms with Crippen molar-refractivity contribution in [3.05, 3.63) is 53.6 Å². The van der Waals surface area contributed by atoms with E-state index in [1.807, 2.05) is 24.3 Å². The molecule has 4 heteroatoms. The summed E-state index contributed by atoms with van der Waals surface area (Å²) in [6.45, 7) is 0.917. The first-order valence-corrected chi connectivity index (χ1v) is 6.59. The lowest BCUT2D eigenvalue weighted by Gasteiger charge is -2.20. The van der Waals surface area contributed by atoms with E-state index in [1.54, 1.807) is 6.07 Å². The number of hydrogen-bond donors (Lipinski definition) is 1. The predicted octanol–water partition coefficient (Wildman–Crippen LogP) is 2.52. The highest BCUT2D eigenvalue weighted by Crippen LogP contribution is 2.37. The number of nitrogens with one attached hydrogen (secondary N) is 1. The fourth-order valence-corrected chi connectivity index (χ4v) is 2.91. The number of Topliss-reactive ketones (excluding diaryl/α,β-unsaturated/α-hetero) is 1. The van der Waals surface area contributed by atoms with E-state index >= 15 is 0 Å². The summed E-state index contributed by atoms with van der Waals surface area (Å²) in [5.41, 5.74) is 4.60. The van der Waals surface area contributed by atoms with Crippen LogP contribution in [0.25, 0.3) is 0 Å². The molecule has 4 nitrogen and oxygen atoms in total. The maximum absolute atomic E-state index is 11.6. The number of hydrogen-bond acceptors (Lipinski definition) is 3. The van der Waals surface area contributed by atoms with Gasteiger partial charge in [0.05, 0.1) is 11.3 Å². The number of benzene rings is 2. The van der Waals surface area contributed by atoms with E-state index in [4.69, 9.17) is 0 Å². The minimum absolute atomic E-state index is 0.451. The van der Waals surface area contributed by atoms with Gasteiger partial charge in [-0.3, -0.25) is 9.59 Å². The minimum atomic E-state index is -0.543. The Morgan fingerprint density at radius 2 is 1.90 bits per heavy atom. The molecule has 2 heterocycles. The fraction of sp³-hybridized carbons (Fsp3) is 0.125. The maximum atomic E-state index is 11.6. The number of carbonyl (C=O) groups excluding carboxylic acids is 2. The summed E-state index contributed by atoms with van der Waals surface area (Å²) in [7, 11) is 0. The average molecular weight is 264 g/mol. The van der Waals surface area contributed by atoms with Crippen molar-refractivity contribution in [2.24, 2.45) is 0 Å². The van der Waals surface area contributed by atoms with E-state index in [-0.39, 0.29) is 0 Å². The molecule has 0 spiro atoms. The zero-order valence-electron chi connectivity index (χ0n) is 10.7. The van der Waals surface area contributed by atoms with Gasteiger partial charge in [-0.05, 0) is 36.2 Å². The molecule has 0 saturated heterocycles. The predicted molar refractivity (Wildman–Crippen MR) is 76.6 cm³/mol. The van der Waals surface area contributed by atoms with E-state index in [9.17, 15) is 9.59 Å². The lowest BCUT2D eigenvalue weighted by Crippen LogP contribution is -2.13. The van der Waals surface area contributed by atoms with Gasteiger partial charge >= 0.3 is 0 Å². The largest absolute Gasteiger partial charge is 0.341 e. The summed E-state index contributed by atoms with van der Waals surface area (Å²) < 4.78 is 0. The smallest absolute Gasteiger partial charge is 0.296 e. The first kappa shape index (κ1) is 11.2. The zero-order valence-corrected chi connectivity index (χ0v) is 10.7. The summed E-state index contributed by atoms with van der Waals surface area (Å²) in [5.74, 6) is -0.993. The van der Waals surface area contributed by atoms with Crippen molar-refractivity contribution < 1.29 is 9.59 Å². The van der Waals surface area contributed by atoms with Crippen molar-refractivity contribution in [1.29, 1.82) is 0 Å². The summed E-state index contributed by atoms with van der Waals surface area (Å²) in [6, 6.07) is 13.8. The first-order valence-electron chi connectivity index (χ1n) is 6.59. The Balaban J connectivity index is 1.77. The van der Waals surface area contributed by atoms with Gasteiger partial charge in [0.25, 0.3) is 11.7 Å². The highest BCUT2D eigenvalue weighted by molar-refractivity contribution is 6.51. The summed E-state index contributed by atoms with van der Waals surface area (Å²) >= 11 is 0. The standard InChI is InChI=1S/C16H12N2O2/c19-15-12-6-5-11(9-13(12)17-16(15)20)18-8-7-10-3-1-2-4-14(10)18/h1-6,9H,7-8H2,(H,17,19,20). The van der Waals surface area contributed by atoms with Gasteiger partial charge in [-0.2, -0.15) is 0 Å². The number of rotatable bonds is 1. The molecular weight excluding hydrogens is 252 g/mol.